The third kappa shape index (κ3) is 2.24. The number of nitrogens with two attached hydrogens (primary N) is 1. The van der Waals surface area contributed by atoms with E-state index in [1.165, 1.54) is 6.33 Å². The molecule has 0 unspecified atom stereocenters. The second-order valence-corrected chi connectivity index (χ2v) is 6.87. The summed E-state index contributed by atoms with van der Waals surface area (Å²) in [5.41, 5.74) is 6.81. The van der Waals surface area contributed by atoms with Gasteiger partial charge in [0.15, 0.2) is 5.79 Å². The molecular formula is C17H22N4O2. The fourth-order valence-electron chi connectivity index (χ4n) is 4.03. The van der Waals surface area contributed by atoms with Crippen molar-refractivity contribution in [2.45, 2.75) is 50.7 Å². The highest BCUT2D eigenvalue weighted by atomic mass is 16.8. The summed E-state index contributed by atoms with van der Waals surface area (Å²) in [5.74, 6) is 0.362. The van der Waals surface area contributed by atoms with Crippen molar-refractivity contribution in [1.29, 1.82) is 0 Å². The van der Waals surface area contributed by atoms with Crippen LogP contribution >= 0.6 is 0 Å². The van der Waals surface area contributed by atoms with Crippen molar-refractivity contribution >= 4 is 16.9 Å². The number of hydrogen-bond acceptors (Lipinski definition) is 5. The molecule has 4 atom stereocenters. The fraction of sp³-hybridized carbons (Fsp3) is 0.529. The van der Waals surface area contributed by atoms with Crippen molar-refractivity contribution in [3.63, 3.8) is 0 Å². The molecule has 0 amide bonds. The van der Waals surface area contributed by atoms with E-state index in [1.54, 1.807) is 0 Å². The highest BCUT2D eigenvalue weighted by Crippen LogP contribution is 2.48. The number of hydrogen-bond donors (Lipinski definition) is 1. The molecule has 1 aliphatic heterocycles. The van der Waals surface area contributed by atoms with Crippen LogP contribution in [0.3, 0.4) is 0 Å². The highest BCUT2D eigenvalue weighted by Gasteiger charge is 2.54. The Morgan fingerprint density at radius 1 is 1.39 bits per heavy atom. The van der Waals surface area contributed by atoms with E-state index in [4.69, 9.17) is 15.2 Å². The van der Waals surface area contributed by atoms with Crippen LogP contribution in [0.2, 0.25) is 0 Å². The minimum absolute atomic E-state index is 0.0155. The van der Waals surface area contributed by atoms with Crippen molar-refractivity contribution < 1.29 is 9.47 Å². The molecule has 6 nitrogen and oxygen atoms in total. The lowest BCUT2D eigenvalue weighted by Crippen LogP contribution is -2.27. The van der Waals surface area contributed by atoms with Crippen LogP contribution in [0.1, 0.15) is 32.7 Å². The number of nitrogen functional groups attached to an aromatic ring is 1. The van der Waals surface area contributed by atoms with E-state index in [0.29, 0.717) is 11.7 Å². The Labute approximate surface area is 135 Å². The largest absolute Gasteiger partial charge is 0.383 e. The van der Waals surface area contributed by atoms with Gasteiger partial charge in [0.1, 0.15) is 23.9 Å². The summed E-state index contributed by atoms with van der Waals surface area (Å²) in [5, 5.41) is 0.884. The second-order valence-electron chi connectivity index (χ2n) is 6.87. The number of anilines is 1. The predicted molar refractivity (Wildman–Crippen MR) is 87.7 cm³/mol. The monoisotopic (exact) mass is 314 g/mol. The number of aromatic nitrogens is 3. The quantitative estimate of drug-likeness (QED) is 0.882. The lowest BCUT2D eigenvalue weighted by molar-refractivity contribution is -0.160. The predicted octanol–water partition coefficient (Wildman–Crippen LogP) is 2.67. The van der Waals surface area contributed by atoms with Crippen LogP contribution in [-0.4, -0.2) is 32.5 Å². The number of rotatable bonds is 3. The Morgan fingerprint density at radius 2 is 2.17 bits per heavy atom. The van der Waals surface area contributed by atoms with Gasteiger partial charge in [-0.25, -0.2) is 9.97 Å². The van der Waals surface area contributed by atoms with E-state index in [0.717, 1.165) is 23.9 Å². The summed E-state index contributed by atoms with van der Waals surface area (Å²) in [6.07, 6.45) is 7.51. The van der Waals surface area contributed by atoms with Crippen LogP contribution in [0.25, 0.3) is 11.0 Å². The summed E-state index contributed by atoms with van der Waals surface area (Å²) >= 11 is 0. The Morgan fingerprint density at radius 3 is 2.96 bits per heavy atom. The molecule has 2 N–H and O–H groups in total. The number of allylic oxidation sites excluding steroid dienone is 1. The van der Waals surface area contributed by atoms with E-state index in [1.807, 2.05) is 32.2 Å². The van der Waals surface area contributed by atoms with Gasteiger partial charge in [-0.05, 0) is 38.7 Å². The number of nitrogens with zero attached hydrogens (tertiary/aromatic N) is 3. The van der Waals surface area contributed by atoms with Gasteiger partial charge >= 0.3 is 0 Å². The third-order valence-electron chi connectivity index (χ3n) is 4.92. The zero-order chi connectivity index (χ0) is 16.2. The molecule has 1 saturated heterocycles. The van der Waals surface area contributed by atoms with Crippen molar-refractivity contribution in [3.8, 4) is 0 Å². The van der Waals surface area contributed by atoms with Crippen LogP contribution in [0.5, 0.6) is 0 Å². The van der Waals surface area contributed by atoms with Crippen molar-refractivity contribution in [2.24, 2.45) is 5.92 Å². The normalized spacial score (nSPS) is 32.3. The zero-order valence-electron chi connectivity index (χ0n) is 13.5. The SMILES string of the molecule is C=CC[C@H]1C[C@@H](n2ccc3c(N)ncnc32)[C@@H]2OC(C)(C)O[C@H]12. The Bertz CT molecular complexity index is 754. The van der Waals surface area contributed by atoms with E-state index in [2.05, 4.69) is 21.1 Å². The van der Waals surface area contributed by atoms with Crippen LogP contribution < -0.4 is 5.73 Å². The first kappa shape index (κ1) is 14.7. The molecule has 0 spiro atoms. The average Bonchev–Trinajstić information content (AvgIpc) is 3.13. The molecule has 2 fully saturated rings. The third-order valence-corrected chi connectivity index (χ3v) is 4.92. The van der Waals surface area contributed by atoms with Gasteiger partial charge in [-0.15, -0.1) is 6.58 Å². The molecule has 2 aromatic rings. The number of ether oxygens (including phenoxy) is 2. The van der Waals surface area contributed by atoms with Crippen molar-refractivity contribution in [1.82, 2.24) is 14.5 Å². The maximum Gasteiger partial charge on any atom is 0.163 e. The van der Waals surface area contributed by atoms with Gasteiger partial charge in [-0.2, -0.15) is 0 Å². The summed E-state index contributed by atoms with van der Waals surface area (Å²) in [6, 6.07) is 2.15. The van der Waals surface area contributed by atoms with Crippen LogP contribution in [0, 0.1) is 5.92 Å². The molecule has 2 aromatic heterocycles. The first-order valence-corrected chi connectivity index (χ1v) is 8.04. The lowest BCUT2D eigenvalue weighted by atomic mass is 10.0. The molecule has 1 aliphatic carbocycles. The molecule has 0 bridgehead atoms. The maximum atomic E-state index is 6.21. The van der Waals surface area contributed by atoms with E-state index < -0.39 is 5.79 Å². The van der Waals surface area contributed by atoms with E-state index in [-0.39, 0.29) is 18.2 Å². The summed E-state index contributed by atoms with van der Waals surface area (Å²) in [7, 11) is 0. The first-order valence-electron chi connectivity index (χ1n) is 8.04. The summed E-state index contributed by atoms with van der Waals surface area (Å²) in [4.78, 5) is 8.49. The first-order chi connectivity index (χ1) is 11.0. The number of fused-ring (bicyclic) bond motifs is 2. The molecule has 6 heteroatoms. The average molecular weight is 314 g/mol. The topological polar surface area (TPSA) is 75.2 Å². The summed E-state index contributed by atoms with van der Waals surface area (Å²) < 4.78 is 14.5. The van der Waals surface area contributed by atoms with Gasteiger partial charge in [-0.3, -0.25) is 0 Å². The Balaban J connectivity index is 1.75. The minimum Gasteiger partial charge on any atom is -0.383 e. The molecular weight excluding hydrogens is 292 g/mol. The van der Waals surface area contributed by atoms with Crippen LogP contribution in [0.4, 0.5) is 5.82 Å². The minimum atomic E-state index is -0.551. The van der Waals surface area contributed by atoms with Gasteiger partial charge < -0.3 is 19.8 Å². The molecule has 23 heavy (non-hydrogen) atoms. The molecule has 0 radical (unpaired) electrons. The smallest absolute Gasteiger partial charge is 0.163 e. The van der Waals surface area contributed by atoms with Gasteiger partial charge in [0.05, 0.1) is 17.5 Å². The van der Waals surface area contributed by atoms with Crippen LogP contribution in [0.15, 0.2) is 31.2 Å². The van der Waals surface area contributed by atoms with E-state index >= 15 is 0 Å². The highest BCUT2D eigenvalue weighted by molar-refractivity contribution is 5.86. The van der Waals surface area contributed by atoms with Gasteiger partial charge in [-0.1, -0.05) is 6.08 Å². The van der Waals surface area contributed by atoms with Crippen molar-refractivity contribution in [3.05, 3.63) is 31.2 Å². The second kappa shape index (κ2) is 5.04. The van der Waals surface area contributed by atoms with Crippen molar-refractivity contribution in [2.75, 3.05) is 5.73 Å². The maximum absolute atomic E-state index is 6.21. The Kier molecular flexibility index (Phi) is 3.21. The molecule has 2 aliphatic rings. The summed E-state index contributed by atoms with van der Waals surface area (Å²) in [6.45, 7) is 7.83. The Hall–Kier alpha value is -1.92. The lowest BCUT2D eigenvalue weighted by Gasteiger charge is -2.24. The molecule has 122 valence electrons. The van der Waals surface area contributed by atoms with E-state index in [9.17, 15) is 0 Å². The zero-order valence-corrected chi connectivity index (χ0v) is 13.5. The molecule has 0 aromatic carbocycles. The molecule has 1 saturated carbocycles. The van der Waals surface area contributed by atoms with Crippen LogP contribution in [-0.2, 0) is 9.47 Å². The fourth-order valence-corrected chi connectivity index (χ4v) is 4.03. The molecule has 4 rings (SSSR count). The van der Waals surface area contributed by atoms with Gasteiger partial charge in [0.2, 0.25) is 0 Å². The van der Waals surface area contributed by atoms with Gasteiger partial charge in [0.25, 0.3) is 0 Å². The van der Waals surface area contributed by atoms with Gasteiger partial charge in [0, 0.05) is 6.20 Å². The molecule has 3 heterocycles. The standard InChI is InChI=1S/C17H22N4O2/c1-4-5-10-8-12(14-13(10)22-17(2,3)23-14)21-7-6-11-15(18)19-9-20-16(11)21/h4,6-7,9-10,12-14H,1,5,8H2,2-3H3,(H2,18,19,20)/t10-,12+,13+,14-/m0/s1.